The molecule has 0 aromatic carbocycles. The Kier molecular flexibility index (Phi) is 3.46. The van der Waals surface area contributed by atoms with Crippen LogP contribution in [0, 0.1) is 0 Å². The number of hydrogen-bond acceptors (Lipinski definition) is 4. The lowest BCUT2D eigenvalue weighted by Gasteiger charge is -2.17. The highest BCUT2D eigenvalue weighted by atomic mass is 15.3. The molecule has 0 spiro atoms. The van der Waals surface area contributed by atoms with Crippen molar-refractivity contribution in [2.24, 2.45) is 0 Å². The number of nitrogens with zero attached hydrogens (tertiary/aromatic N) is 3. The largest absolute Gasteiger partial charge is 0.341 e. The van der Waals surface area contributed by atoms with E-state index in [1.54, 1.807) is 0 Å². The van der Waals surface area contributed by atoms with Crippen molar-refractivity contribution in [1.29, 1.82) is 0 Å². The Morgan fingerprint density at radius 3 is 2.78 bits per heavy atom. The van der Waals surface area contributed by atoms with E-state index in [9.17, 15) is 0 Å². The van der Waals surface area contributed by atoms with Crippen molar-refractivity contribution in [3.8, 4) is 0 Å². The van der Waals surface area contributed by atoms with Crippen LogP contribution in [-0.4, -0.2) is 29.1 Å². The lowest BCUT2D eigenvalue weighted by atomic mass is 10.2. The lowest BCUT2D eigenvalue weighted by molar-refractivity contribution is 0.675. The molecule has 1 saturated carbocycles. The van der Waals surface area contributed by atoms with Gasteiger partial charge in [-0.1, -0.05) is 6.92 Å². The maximum absolute atomic E-state index is 4.75. The van der Waals surface area contributed by atoms with Crippen molar-refractivity contribution >= 4 is 5.95 Å². The van der Waals surface area contributed by atoms with E-state index in [1.807, 2.05) is 6.20 Å². The van der Waals surface area contributed by atoms with E-state index in [-0.39, 0.29) is 0 Å². The standard InChI is InChI=1S/C14H22N4/c1-2-13-11(9-15-12-5-6-12)10-16-14(17-13)18-7-3-4-8-18/h10,12,15H,2-9H2,1H3. The van der Waals surface area contributed by atoms with E-state index in [1.165, 1.54) is 36.9 Å². The minimum absolute atomic E-state index is 0.743. The van der Waals surface area contributed by atoms with Gasteiger partial charge < -0.3 is 10.2 Å². The van der Waals surface area contributed by atoms with Gasteiger partial charge in [-0.3, -0.25) is 0 Å². The summed E-state index contributed by atoms with van der Waals surface area (Å²) in [6.07, 6.45) is 8.22. The summed E-state index contributed by atoms with van der Waals surface area (Å²) in [6.45, 7) is 5.33. The maximum Gasteiger partial charge on any atom is 0.225 e. The van der Waals surface area contributed by atoms with Gasteiger partial charge in [0.15, 0.2) is 0 Å². The second-order valence-corrected chi connectivity index (χ2v) is 5.34. The number of nitrogens with one attached hydrogen (secondary N) is 1. The van der Waals surface area contributed by atoms with Crippen LogP contribution in [0.15, 0.2) is 6.20 Å². The van der Waals surface area contributed by atoms with Gasteiger partial charge in [-0.15, -0.1) is 0 Å². The summed E-state index contributed by atoms with van der Waals surface area (Å²) in [5.74, 6) is 0.930. The molecule has 1 aromatic rings. The van der Waals surface area contributed by atoms with Crippen molar-refractivity contribution in [3.63, 3.8) is 0 Å². The van der Waals surface area contributed by atoms with Crippen molar-refractivity contribution < 1.29 is 0 Å². The second kappa shape index (κ2) is 5.22. The molecule has 1 N–H and O–H groups in total. The van der Waals surface area contributed by atoms with Gasteiger partial charge in [-0.25, -0.2) is 9.97 Å². The molecule has 0 atom stereocenters. The van der Waals surface area contributed by atoms with Crippen molar-refractivity contribution in [2.45, 2.75) is 51.6 Å². The summed E-state index contributed by atoms with van der Waals surface area (Å²) in [4.78, 5) is 11.6. The summed E-state index contributed by atoms with van der Waals surface area (Å²) < 4.78 is 0. The van der Waals surface area contributed by atoms with Gasteiger partial charge in [0.2, 0.25) is 5.95 Å². The van der Waals surface area contributed by atoms with Crippen LogP contribution < -0.4 is 10.2 Å². The molecule has 0 amide bonds. The second-order valence-electron chi connectivity index (χ2n) is 5.34. The molecule has 1 saturated heterocycles. The van der Waals surface area contributed by atoms with E-state index >= 15 is 0 Å². The first kappa shape index (κ1) is 11.9. The molecule has 0 unspecified atom stereocenters. The molecule has 0 bridgehead atoms. The van der Waals surface area contributed by atoms with Crippen molar-refractivity contribution in [1.82, 2.24) is 15.3 Å². The average molecular weight is 246 g/mol. The van der Waals surface area contributed by atoms with Gasteiger partial charge in [0, 0.05) is 37.4 Å². The van der Waals surface area contributed by atoms with Gasteiger partial charge in [0.1, 0.15) is 0 Å². The molecular weight excluding hydrogens is 224 g/mol. The fraction of sp³-hybridized carbons (Fsp3) is 0.714. The summed E-state index contributed by atoms with van der Waals surface area (Å²) >= 11 is 0. The zero-order valence-electron chi connectivity index (χ0n) is 11.2. The molecule has 2 heterocycles. The van der Waals surface area contributed by atoms with Gasteiger partial charge in [0.05, 0.1) is 5.69 Å². The first-order chi connectivity index (χ1) is 8.86. The molecule has 18 heavy (non-hydrogen) atoms. The zero-order chi connectivity index (χ0) is 12.4. The first-order valence-corrected chi connectivity index (χ1v) is 7.20. The van der Waals surface area contributed by atoms with E-state index in [0.717, 1.165) is 38.0 Å². The molecule has 4 heteroatoms. The molecular formula is C14H22N4. The Labute approximate surface area is 109 Å². The third kappa shape index (κ3) is 2.64. The fourth-order valence-electron chi connectivity index (χ4n) is 2.50. The van der Waals surface area contributed by atoms with Crippen molar-refractivity contribution in [2.75, 3.05) is 18.0 Å². The molecule has 2 fully saturated rings. The molecule has 98 valence electrons. The molecule has 1 aromatic heterocycles. The fourth-order valence-corrected chi connectivity index (χ4v) is 2.50. The highest BCUT2D eigenvalue weighted by molar-refractivity contribution is 5.34. The van der Waals surface area contributed by atoms with Crippen LogP contribution in [0.25, 0.3) is 0 Å². The molecule has 4 nitrogen and oxygen atoms in total. The lowest BCUT2D eigenvalue weighted by Crippen LogP contribution is -2.22. The first-order valence-electron chi connectivity index (χ1n) is 7.20. The Bertz CT molecular complexity index is 408. The van der Waals surface area contributed by atoms with Crippen LogP contribution in [0.2, 0.25) is 0 Å². The van der Waals surface area contributed by atoms with Gasteiger partial charge >= 0.3 is 0 Å². The number of hydrogen-bond donors (Lipinski definition) is 1. The molecule has 3 rings (SSSR count). The van der Waals surface area contributed by atoms with Gasteiger partial charge in [-0.2, -0.15) is 0 Å². The molecule has 0 radical (unpaired) electrons. The predicted octanol–water partition coefficient (Wildman–Crippen LogP) is 1.89. The maximum atomic E-state index is 4.75. The molecule has 1 aliphatic carbocycles. The Hall–Kier alpha value is -1.16. The van der Waals surface area contributed by atoms with Gasteiger partial charge in [-0.05, 0) is 32.1 Å². The van der Waals surface area contributed by atoms with E-state index in [0.29, 0.717) is 0 Å². The summed E-state index contributed by atoms with van der Waals surface area (Å²) in [5.41, 5.74) is 2.48. The SMILES string of the molecule is CCc1nc(N2CCCC2)ncc1CNC1CC1. The van der Waals surface area contributed by atoms with E-state index in [4.69, 9.17) is 4.98 Å². The topological polar surface area (TPSA) is 41.1 Å². The number of anilines is 1. The Balaban J connectivity index is 1.73. The van der Waals surface area contributed by atoms with Crippen LogP contribution >= 0.6 is 0 Å². The van der Waals surface area contributed by atoms with Gasteiger partial charge in [0.25, 0.3) is 0 Å². The third-order valence-corrected chi connectivity index (χ3v) is 3.82. The van der Waals surface area contributed by atoms with Crippen molar-refractivity contribution in [3.05, 3.63) is 17.5 Å². The number of aryl methyl sites for hydroxylation is 1. The highest BCUT2D eigenvalue weighted by Crippen LogP contribution is 2.21. The number of rotatable bonds is 5. The Morgan fingerprint density at radius 1 is 1.33 bits per heavy atom. The predicted molar refractivity (Wildman–Crippen MR) is 72.7 cm³/mol. The minimum atomic E-state index is 0.743. The summed E-state index contributed by atoms with van der Waals surface area (Å²) in [7, 11) is 0. The third-order valence-electron chi connectivity index (χ3n) is 3.82. The van der Waals surface area contributed by atoms with Crippen LogP contribution in [0.3, 0.4) is 0 Å². The minimum Gasteiger partial charge on any atom is -0.341 e. The number of aromatic nitrogens is 2. The van der Waals surface area contributed by atoms with Crippen LogP contribution in [0.1, 0.15) is 43.9 Å². The van der Waals surface area contributed by atoms with Crippen LogP contribution in [-0.2, 0) is 13.0 Å². The molecule has 2 aliphatic rings. The summed E-state index contributed by atoms with van der Waals surface area (Å²) in [6, 6.07) is 0.743. The summed E-state index contributed by atoms with van der Waals surface area (Å²) in [5, 5.41) is 3.54. The average Bonchev–Trinajstić information content (AvgIpc) is 3.08. The van der Waals surface area contributed by atoms with E-state index < -0.39 is 0 Å². The molecule has 1 aliphatic heterocycles. The zero-order valence-corrected chi connectivity index (χ0v) is 11.2. The van der Waals surface area contributed by atoms with Crippen LogP contribution in [0.5, 0.6) is 0 Å². The normalized spacial score (nSPS) is 19.5. The Morgan fingerprint density at radius 2 is 2.11 bits per heavy atom. The monoisotopic (exact) mass is 246 g/mol. The highest BCUT2D eigenvalue weighted by Gasteiger charge is 2.21. The van der Waals surface area contributed by atoms with E-state index in [2.05, 4.69) is 22.1 Å². The quantitative estimate of drug-likeness (QED) is 0.861. The smallest absolute Gasteiger partial charge is 0.225 e. The van der Waals surface area contributed by atoms with Crippen LogP contribution in [0.4, 0.5) is 5.95 Å².